The van der Waals surface area contributed by atoms with Gasteiger partial charge in [0, 0.05) is 36.8 Å². The number of pyridine rings is 1. The van der Waals surface area contributed by atoms with Crippen LogP contribution in [0, 0.1) is 24.7 Å². The zero-order valence-electron chi connectivity index (χ0n) is 42.2. The SMILES string of the molecule is C=CCO[C@@]12Oc3ccc(OCc4cccc(C)n4)cc3[C@H]3[C@H](CCCCO)[C@@H](CCCCO)C=C(C(=NOC)C[C@@H]1N(Cc1cccc4ccccc14)C(=O)OCCCCCCCCCCCC)[C@H]32. The van der Waals surface area contributed by atoms with Crippen LogP contribution in [0.2, 0.25) is 0 Å². The van der Waals surface area contributed by atoms with Gasteiger partial charge >= 0.3 is 6.09 Å². The number of carbonyl (C=O) groups excluding carboxylic acids is 1. The number of benzene rings is 3. The Morgan fingerprint density at radius 1 is 0.886 bits per heavy atom. The van der Waals surface area contributed by atoms with Crippen LogP contribution in [0.5, 0.6) is 11.5 Å². The number of allylic oxidation sites excluding steroid dienone is 1. The summed E-state index contributed by atoms with van der Waals surface area (Å²) < 4.78 is 27.6. The van der Waals surface area contributed by atoms with Crippen molar-refractivity contribution in [1.82, 2.24) is 9.88 Å². The van der Waals surface area contributed by atoms with E-state index in [1.54, 1.807) is 13.2 Å². The zero-order chi connectivity index (χ0) is 49.1. The molecule has 2 N–H and O–H groups in total. The Kier molecular flexibility index (Phi) is 20.2. The van der Waals surface area contributed by atoms with Gasteiger partial charge in [0.1, 0.15) is 31.3 Å². The fraction of sp³-hybridized carbons (Fsp3) is 0.542. The van der Waals surface area contributed by atoms with Crippen molar-refractivity contribution in [2.24, 2.45) is 22.9 Å². The number of hydrogen-bond donors (Lipinski definition) is 2. The van der Waals surface area contributed by atoms with Crippen molar-refractivity contribution in [2.45, 2.75) is 154 Å². The van der Waals surface area contributed by atoms with Gasteiger partial charge in [-0.15, -0.1) is 6.58 Å². The summed E-state index contributed by atoms with van der Waals surface area (Å²) in [5, 5.41) is 27.0. The first-order valence-electron chi connectivity index (χ1n) is 26.4. The molecule has 6 atom stereocenters. The van der Waals surface area contributed by atoms with Crippen molar-refractivity contribution in [3.8, 4) is 11.5 Å². The largest absolute Gasteiger partial charge is 0.487 e. The molecule has 1 fully saturated rings. The predicted octanol–water partition coefficient (Wildman–Crippen LogP) is 12.9. The molecule has 0 spiro atoms. The van der Waals surface area contributed by atoms with E-state index in [1.165, 1.54) is 44.9 Å². The number of amides is 1. The Bertz CT molecular complexity index is 2340. The molecule has 7 rings (SSSR count). The van der Waals surface area contributed by atoms with E-state index in [0.717, 1.165) is 89.5 Å². The third-order valence-corrected chi connectivity index (χ3v) is 14.7. The summed E-state index contributed by atoms with van der Waals surface area (Å²) in [4.78, 5) is 27.4. The van der Waals surface area contributed by atoms with Gasteiger partial charge in [0.2, 0.25) is 5.79 Å². The number of rotatable bonds is 29. The molecule has 1 aliphatic heterocycles. The lowest BCUT2D eigenvalue weighted by molar-refractivity contribution is -0.256. The molecule has 0 saturated heterocycles. The van der Waals surface area contributed by atoms with E-state index >= 15 is 4.79 Å². The van der Waals surface area contributed by atoms with E-state index in [0.29, 0.717) is 37.6 Å². The fourth-order valence-corrected chi connectivity index (χ4v) is 11.4. The van der Waals surface area contributed by atoms with Crippen molar-refractivity contribution in [1.29, 1.82) is 0 Å². The van der Waals surface area contributed by atoms with E-state index in [1.807, 2.05) is 60.4 Å². The van der Waals surface area contributed by atoms with E-state index in [-0.39, 0.29) is 50.5 Å². The average Bonchev–Trinajstić information content (AvgIpc) is 3.37. The second kappa shape index (κ2) is 26.8. The smallest absolute Gasteiger partial charge is 0.410 e. The number of oxime groups is 1. The highest BCUT2D eigenvalue weighted by atomic mass is 16.7. The standard InChI is InChI=1S/C59H79N3O8/c1-5-7-8-9-10-11-12-13-14-21-37-67-58(65)62(41-46-28-23-27-44-25-15-16-30-49(44)46)55-40-53(61-66-4)51-38-45(26-17-19-34-63)50(31-18-20-35-64)56-52-39-48(68-42-47-29-22-24-43(3)60-47)32-33-54(52)70-59(55,57(51)56)69-36-6-2/h6,15-16,22-25,27-30,32-33,38-39,45,50,55-57,63-64H,2,5,7-14,17-21,26,31,34-37,40-42H2,1,3-4H3/t45-,50+,55-,56+,57+,59+/m0/s1. The molecule has 1 aromatic heterocycles. The Morgan fingerprint density at radius 3 is 2.36 bits per heavy atom. The molecule has 0 bridgehead atoms. The molecule has 3 aromatic carbocycles. The molecule has 3 aliphatic rings. The van der Waals surface area contributed by atoms with Gasteiger partial charge in [-0.2, -0.15) is 0 Å². The molecule has 1 amide bonds. The number of hydrogen-bond acceptors (Lipinski definition) is 10. The van der Waals surface area contributed by atoms with Crippen LogP contribution in [0.1, 0.15) is 145 Å². The Morgan fingerprint density at radius 2 is 1.61 bits per heavy atom. The van der Waals surface area contributed by atoms with Crippen LogP contribution in [0.15, 0.2) is 108 Å². The molecular weight excluding hydrogens is 879 g/mol. The molecule has 70 heavy (non-hydrogen) atoms. The Labute approximate surface area is 417 Å². The summed E-state index contributed by atoms with van der Waals surface area (Å²) in [7, 11) is 1.57. The van der Waals surface area contributed by atoms with Crippen LogP contribution in [-0.2, 0) is 27.5 Å². The summed E-state index contributed by atoms with van der Waals surface area (Å²) >= 11 is 0. The lowest BCUT2D eigenvalue weighted by Crippen LogP contribution is -2.70. The molecule has 4 aromatic rings. The number of unbranched alkanes of at least 4 members (excludes halogenated alkanes) is 11. The third-order valence-electron chi connectivity index (χ3n) is 14.7. The van der Waals surface area contributed by atoms with Gasteiger partial charge < -0.3 is 34.0 Å². The van der Waals surface area contributed by atoms with E-state index in [4.69, 9.17) is 28.9 Å². The predicted molar refractivity (Wildman–Crippen MR) is 278 cm³/mol. The maximum Gasteiger partial charge on any atom is 0.410 e. The number of aryl methyl sites for hydroxylation is 1. The molecule has 0 radical (unpaired) electrons. The minimum atomic E-state index is -1.43. The second-order valence-electron chi connectivity index (χ2n) is 19.6. The monoisotopic (exact) mass is 958 g/mol. The lowest BCUT2D eigenvalue weighted by Gasteiger charge is -2.59. The van der Waals surface area contributed by atoms with E-state index < -0.39 is 23.8 Å². The van der Waals surface area contributed by atoms with Crippen molar-refractivity contribution >= 4 is 22.6 Å². The number of ether oxygens (including phenoxy) is 4. The quantitative estimate of drug-likeness (QED) is 0.0310. The van der Waals surface area contributed by atoms with Crippen molar-refractivity contribution < 1.29 is 38.8 Å². The Hall–Kier alpha value is -5.23. The highest BCUT2D eigenvalue weighted by molar-refractivity contribution is 6.03. The summed E-state index contributed by atoms with van der Waals surface area (Å²) in [6.07, 6.45) is 20.5. The maximum atomic E-state index is 15.2. The van der Waals surface area contributed by atoms with Gasteiger partial charge in [-0.1, -0.05) is 143 Å². The van der Waals surface area contributed by atoms with Gasteiger partial charge in [-0.3, -0.25) is 9.88 Å². The van der Waals surface area contributed by atoms with Gasteiger partial charge in [0.15, 0.2) is 0 Å². The topological polar surface area (TPSA) is 132 Å². The van der Waals surface area contributed by atoms with E-state index in [9.17, 15) is 10.2 Å². The summed E-state index contributed by atoms with van der Waals surface area (Å²) in [5.41, 5.74) is 5.44. The maximum absolute atomic E-state index is 15.2. The lowest BCUT2D eigenvalue weighted by atomic mass is 9.55. The highest BCUT2D eigenvalue weighted by Gasteiger charge is 2.65. The van der Waals surface area contributed by atoms with Gasteiger partial charge in [0.05, 0.1) is 37.1 Å². The Balaban J connectivity index is 1.32. The van der Waals surface area contributed by atoms with Crippen molar-refractivity contribution in [3.63, 3.8) is 0 Å². The van der Waals surface area contributed by atoms with Crippen LogP contribution in [-0.4, -0.2) is 77.3 Å². The first-order chi connectivity index (χ1) is 34.3. The third kappa shape index (κ3) is 13.0. The minimum Gasteiger partial charge on any atom is -0.487 e. The molecule has 2 aliphatic carbocycles. The molecule has 378 valence electrons. The first kappa shape index (κ1) is 52.6. The van der Waals surface area contributed by atoms with Crippen molar-refractivity contribution in [2.75, 3.05) is 33.5 Å². The van der Waals surface area contributed by atoms with E-state index in [2.05, 4.69) is 54.9 Å². The summed E-state index contributed by atoms with van der Waals surface area (Å²) in [5.74, 6) is -0.558. The fourth-order valence-electron chi connectivity index (χ4n) is 11.4. The van der Waals surface area contributed by atoms with Gasteiger partial charge in [0.25, 0.3) is 0 Å². The number of aliphatic hydroxyl groups excluding tert-OH is 2. The van der Waals surface area contributed by atoms with Gasteiger partial charge in [-0.25, -0.2) is 4.79 Å². The number of fused-ring (bicyclic) bond motifs is 3. The van der Waals surface area contributed by atoms with Crippen LogP contribution in [0.25, 0.3) is 10.8 Å². The van der Waals surface area contributed by atoms with Crippen LogP contribution in [0.3, 0.4) is 0 Å². The molecule has 11 nitrogen and oxygen atoms in total. The van der Waals surface area contributed by atoms with Crippen LogP contribution >= 0.6 is 0 Å². The normalized spacial score (nSPS) is 21.9. The van der Waals surface area contributed by atoms with Crippen LogP contribution < -0.4 is 9.47 Å². The van der Waals surface area contributed by atoms with Gasteiger partial charge in [-0.05, 0) is 103 Å². The molecule has 11 heteroatoms. The summed E-state index contributed by atoms with van der Waals surface area (Å²) in [6.45, 7) is 9.56. The molecular formula is C59H79N3O8. The first-order valence-corrected chi connectivity index (χ1v) is 26.4. The molecule has 1 saturated carbocycles. The zero-order valence-corrected chi connectivity index (χ0v) is 42.2. The van der Waals surface area contributed by atoms with Crippen LogP contribution in [0.4, 0.5) is 4.79 Å². The van der Waals surface area contributed by atoms with Crippen molar-refractivity contribution in [3.05, 3.63) is 126 Å². The number of nitrogens with zero attached hydrogens (tertiary/aromatic N) is 3. The molecule has 2 heterocycles. The highest BCUT2D eigenvalue weighted by Crippen LogP contribution is 2.62. The minimum absolute atomic E-state index is 0.0689. The number of carbonyl (C=O) groups is 1. The molecule has 0 unspecified atom stereocenters. The number of aromatic nitrogens is 1. The second-order valence-corrected chi connectivity index (χ2v) is 19.6. The summed E-state index contributed by atoms with van der Waals surface area (Å²) in [6, 6.07) is 25.7. The number of aliphatic hydroxyl groups is 2. The average molecular weight is 958 g/mol.